The molecule has 0 aromatic heterocycles. The maximum absolute atomic E-state index is 7.29. The summed E-state index contributed by atoms with van der Waals surface area (Å²) in [5.74, 6) is 0. The van der Waals surface area contributed by atoms with Gasteiger partial charge in [-0.15, -0.1) is 0 Å². The molecule has 0 saturated carbocycles. The summed E-state index contributed by atoms with van der Waals surface area (Å²) in [6.45, 7) is 0. The fourth-order valence-electron chi connectivity index (χ4n) is 0. The Labute approximate surface area is 33.2 Å². The Morgan fingerprint density at radius 2 is 1.75 bits per heavy atom. The van der Waals surface area contributed by atoms with Gasteiger partial charge in [0.25, 0.3) is 0 Å². The van der Waals surface area contributed by atoms with E-state index < -0.39 is 0 Å². The molecule has 0 bridgehead atoms. The second-order valence-corrected chi connectivity index (χ2v) is 0.520. The van der Waals surface area contributed by atoms with Crippen LogP contribution >= 0.6 is 0 Å². The number of nitrogens with zero attached hydrogens (tertiary/aromatic N) is 1. The Morgan fingerprint density at radius 1 is 1.75 bits per heavy atom. The Hall–Kier alpha value is -0.0305. The van der Waals surface area contributed by atoms with Crippen LogP contribution in [0, 0.1) is 10.2 Å². The van der Waals surface area contributed by atoms with Crippen LogP contribution in [0.4, 0.5) is 0 Å². The molecular weight excluding hydrogens is 119 g/mol. The van der Waals surface area contributed by atoms with Crippen LogP contribution in [0.1, 0.15) is 0 Å². The second-order valence-electron chi connectivity index (χ2n) is 0.100. The molecule has 0 heterocycles. The van der Waals surface area contributed by atoms with E-state index >= 15 is 0 Å². The summed E-state index contributed by atoms with van der Waals surface area (Å²) in [4.78, 5) is 1.69. The van der Waals surface area contributed by atoms with Gasteiger partial charge < -0.3 is 6.15 Å². The second kappa shape index (κ2) is 12.3. The third kappa shape index (κ3) is 1990. The molecule has 4 heavy (non-hydrogen) atoms. The van der Waals surface area contributed by atoms with Gasteiger partial charge in [-0.25, -0.2) is 0 Å². The number of nitriles is 1. The fraction of sp³-hybridized carbons (Fsp3) is 0. The van der Waals surface area contributed by atoms with Crippen molar-refractivity contribution in [3.8, 4) is 4.97 Å². The van der Waals surface area contributed by atoms with E-state index in [2.05, 4.69) is 0 Å². The minimum absolute atomic E-state index is 0. The zero-order valence-electron chi connectivity index (χ0n) is 2.10. The van der Waals surface area contributed by atoms with Crippen LogP contribution < -0.4 is 6.15 Å². The van der Waals surface area contributed by atoms with Crippen LogP contribution in [-0.4, -0.2) is 16.0 Å². The average Bonchev–Trinajstić information content (AvgIpc) is 0.918. The van der Waals surface area contributed by atoms with Gasteiger partial charge in [-0.1, -0.05) is 0 Å². The van der Waals surface area contributed by atoms with Crippen molar-refractivity contribution in [1.29, 1.82) is 5.26 Å². The first-order valence-corrected chi connectivity index (χ1v) is 1.39. The third-order valence-electron chi connectivity index (χ3n) is 0. The molecule has 0 amide bonds. The molecule has 0 aliphatic carbocycles. The Bertz CT molecular complexity index is 27.5. The summed E-state index contributed by atoms with van der Waals surface area (Å²) in [5.41, 5.74) is 0. The van der Waals surface area contributed by atoms with Crippen molar-refractivity contribution in [1.82, 2.24) is 6.15 Å². The van der Waals surface area contributed by atoms with E-state index in [1.54, 1.807) is 21.0 Å². The average molecular weight is 123 g/mol. The van der Waals surface area contributed by atoms with Gasteiger partial charge in [-0.05, 0) is 0 Å². The normalized spacial score (nSPS) is 2.00. The Morgan fingerprint density at radius 3 is 1.75 bits per heavy atom. The summed E-state index contributed by atoms with van der Waals surface area (Å²) in [5, 5.41) is 7.29. The van der Waals surface area contributed by atoms with Crippen molar-refractivity contribution in [2.45, 2.75) is 0 Å². The van der Waals surface area contributed by atoms with E-state index in [1.807, 2.05) is 0 Å². The molecule has 0 radical (unpaired) electrons. The molecule has 0 fully saturated rings. The Balaban J connectivity index is 0. The zero-order valence-corrected chi connectivity index (χ0v) is 3.98. The molecule has 0 unspecified atom stereocenters. The van der Waals surface area contributed by atoms with Gasteiger partial charge >= 0.3 is 26.2 Å². The van der Waals surface area contributed by atoms with E-state index in [0.29, 0.717) is 0 Å². The number of hydrogen-bond donors (Lipinski definition) is 1. The summed E-state index contributed by atoms with van der Waals surface area (Å²) in [6, 6.07) is 0. The molecule has 0 saturated heterocycles. The minimum atomic E-state index is 0. The van der Waals surface area contributed by atoms with Crippen LogP contribution in [-0.2, 0) is 0 Å². The SMILES string of the molecule is N.N#C[SeH]. The van der Waals surface area contributed by atoms with Crippen molar-refractivity contribution in [2.75, 3.05) is 0 Å². The first-order valence-electron chi connectivity index (χ1n) is 0.447. The van der Waals surface area contributed by atoms with Gasteiger partial charge in [0.05, 0.1) is 0 Å². The predicted octanol–water partition coefficient (Wildman–Crippen LogP) is -0.470. The van der Waals surface area contributed by atoms with E-state index in [4.69, 9.17) is 5.26 Å². The summed E-state index contributed by atoms with van der Waals surface area (Å²) >= 11 is 1.77. The van der Waals surface area contributed by atoms with E-state index in [9.17, 15) is 0 Å². The standard InChI is InChI=1S/CHNSe.H3N/c2-1-3;/h3H;1H3. The molecule has 3 N–H and O–H groups in total. The van der Waals surface area contributed by atoms with Gasteiger partial charge in [0, 0.05) is 0 Å². The van der Waals surface area contributed by atoms with Gasteiger partial charge in [0.15, 0.2) is 0 Å². The van der Waals surface area contributed by atoms with E-state index in [0.717, 1.165) is 0 Å². The van der Waals surface area contributed by atoms with Crippen molar-refractivity contribution >= 4 is 16.0 Å². The molecule has 0 rings (SSSR count). The predicted molar refractivity (Wildman–Crippen MR) is 17.8 cm³/mol. The summed E-state index contributed by atoms with van der Waals surface area (Å²) < 4.78 is 0. The first kappa shape index (κ1) is 9.02. The fourth-order valence-corrected chi connectivity index (χ4v) is 0. The topological polar surface area (TPSA) is 58.8 Å². The van der Waals surface area contributed by atoms with Crippen LogP contribution in [0.25, 0.3) is 0 Å². The summed E-state index contributed by atoms with van der Waals surface area (Å²) in [7, 11) is 0. The summed E-state index contributed by atoms with van der Waals surface area (Å²) in [6.07, 6.45) is 0. The van der Waals surface area contributed by atoms with E-state index in [-0.39, 0.29) is 6.15 Å². The Kier molecular flexibility index (Phi) is 27.6. The van der Waals surface area contributed by atoms with Gasteiger partial charge in [-0.2, -0.15) is 0 Å². The first-order chi connectivity index (χ1) is 1.41. The maximum atomic E-state index is 7.29. The van der Waals surface area contributed by atoms with Crippen LogP contribution in [0.5, 0.6) is 0 Å². The monoisotopic (exact) mass is 124 g/mol. The van der Waals surface area contributed by atoms with Crippen LogP contribution in [0.3, 0.4) is 0 Å². The number of hydrogen-bond acceptors (Lipinski definition) is 2. The van der Waals surface area contributed by atoms with Crippen molar-refractivity contribution < 1.29 is 0 Å². The molecule has 0 aliphatic rings. The zero-order chi connectivity index (χ0) is 2.71. The van der Waals surface area contributed by atoms with Gasteiger partial charge in [0.1, 0.15) is 0 Å². The van der Waals surface area contributed by atoms with Gasteiger partial charge in [0.2, 0.25) is 0 Å². The van der Waals surface area contributed by atoms with Crippen molar-refractivity contribution in [2.24, 2.45) is 0 Å². The number of rotatable bonds is 0. The molecule has 0 atom stereocenters. The molecule has 0 aliphatic heterocycles. The molecule has 0 spiro atoms. The van der Waals surface area contributed by atoms with E-state index in [1.165, 1.54) is 0 Å². The third-order valence-corrected chi connectivity index (χ3v) is 0. The molecule has 3 heteroatoms. The molecule has 0 aromatic rings. The van der Waals surface area contributed by atoms with Crippen LogP contribution in [0.15, 0.2) is 0 Å². The van der Waals surface area contributed by atoms with Crippen LogP contribution in [0.2, 0.25) is 0 Å². The molecule has 0 aromatic carbocycles. The molecular formula is CH4N2Se. The molecule has 2 nitrogen and oxygen atoms in total. The van der Waals surface area contributed by atoms with Gasteiger partial charge in [-0.3, -0.25) is 0 Å². The van der Waals surface area contributed by atoms with Crippen molar-refractivity contribution in [3.05, 3.63) is 0 Å². The molecule has 24 valence electrons. The quantitative estimate of drug-likeness (QED) is 0.442. The van der Waals surface area contributed by atoms with Crippen molar-refractivity contribution in [3.63, 3.8) is 0 Å².